The second kappa shape index (κ2) is 15.8. The molecule has 8 nitrogen and oxygen atoms in total. The summed E-state index contributed by atoms with van der Waals surface area (Å²) in [4.78, 5) is 54.8. The van der Waals surface area contributed by atoms with Crippen LogP contribution in [0.3, 0.4) is 0 Å². The van der Waals surface area contributed by atoms with Crippen LogP contribution in [0.25, 0.3) is 0 Å². The molecular weight excluding hydrogens is 554 g/mol. The van der Waals surface area contributed by atoms with Gasteiger partial charge in [0.15, 0.2) is 0 Å². The van der Waals surface area contributed by atoms with Crippen molar-refractivity contribution in [2.75, 3.05) is 0 Å². The van der Waals surface area contributed by atoms with Crippen LogP contribution in [0.1, 0.15) is 69.1 Å². The minimum absolute atomic E-state index is 0.113. The van der Waals surface area contributed by atoms with Gasteiger partial charge in [-0.25, -0.2) is 4.79 Å². The van der Waals surface area contributed by atoms with Crippen molar-refractivity contribution < 1.29 is 23.9 Å². The smallest absolute Gasteiger partial charge is 0.329 e. The van der Waals surface area contributed by atoms with Gasteiger partial charge in [0, 0.05) is 12.3 Å². The minimum Gasteiger partial charge on any atom is -0.460 e. The SMILES string of the molecule is CCCC[C@H](C)[C@H]1CC(=O)N[C@@H](C(c2ccccc2)c2ccccc2)C(=O)N[C@@H](C)C(=O)N[C@H](Cc2ccccc2)C(=O)O1. The van der Waals surface area contributed by atoms with Crippen LogP contribution in [0, 0.1) is 5.92 Å². The third-order valence-electron chi connectivity index (χ3n) is 8.19. The molecule has 3 N–H and O–H groups in total. The lowest BCUT2D eigenvalue weighted by molar-refractivity contribution is -0.157. The van der Waals surface area contributed by atoms with Crippen LogP contribution >= 0.6 is 0 Å². The number of carbonyl (C=O) groups is 4. The molecule has 8 heteroatoms. The van der Waals surface area contributed by atoms with Crippen LogP contribution in [-0.2, 0) is 30.3 Å². The van der Waals surface area contributed by atoms with Gasteiger partial charge in [-0.3, -0.25) is 14.4 Å². The second-order valence-electron chi connectivity index (χ2n) is 11.6. The monoisotopic (exact) mass is 597 g/mol. The predicted molar refractivity (Wildman–Crippen MR) is 170 cm³/mol. The summed E-state index contributed by atoms with van der Waals surface area (Å²) in [6.07, 6.45) is 1.99. The van der Waals surface area contributed by atoms with Gasteiger partial charge in [-0.15, -0.1) is 0 Å². The Hall–Kier alpha value is -4.46. The second-order valence-corrected chi connectivity index (χ2v) is 11.6. The molecule has 1 aliphatic rings. The van der Waals surface area contributed by atoms with Crippen LogP contribution in [0.5, 0.6) is 0 Å². The van der Waals surface area contributed by atoms with Gasteiger partial charge in [0.2, 0.25) is 17.7 Å². The van der Waals surface area contributed by atoms with Crippen molar-refractivity contribution in [1.82, 2.24) is 16.0 Å². The van der Waals surface area contributed by atoms with Gasteiger partial charge in [-0.1, -0.05) is 118 Å². The zero-order valence-corrected chi connectivity index (χ0v) is 25.7. The van der Waals surface area contributed by atoms with E-state index in [0.717, 1.165) is 36.0 Å². The number of rotatable bonds is 9. The van der Waals surface area contributed by atoms with Gasteiger partial charge in [0.1, 0.15) is 24.2 Å². The molecule has 0 bridgehead atoms. The number of carbonyl (C=O) groups excluding carboxylic acids is 4. The molecule has 1 saturated heterocycles. The molecule has 1 heterocycles. The maximum atomic E-state index is 14.0. The molecule has 44 heavy (non-hydrogen) atoms. The van der Waals surface area contributed by atoms with Gasteiger partial charge in [0.25, 0.3) is 0 Å². The quantitative estimate of drug-likeness (QED) is 0.310. The van der Waals surface area contributed by atoms with E-state index in [2.05, 4.69) is 22.9 Å². The topological polar surface area (TPSA) is 114 Å². The van der Waals surface area contributed by atoms with Crippen molar-refractivity contribution in [3.63, 3.8) is 0 Å². The molecule has 4 rings (SSSR count). The fraction of sp³-hybridized carbons (Fsp3) is 0.389. The van der Waals surface area contributed by atoms with E-state index in [1.165, 1.54) is 0 Å². The molecular formula is C36H43N3O5. The molecule has 0 saturated carbocycles. The third-order valence-corrected chi connectivity index (χ3v) is 8.19. The maximum absolute atomic E-state index is 14.0. The number of hydrogen-bond donors (Lipinski definition) is 3. The van der Waals surface area contributed by atoms with Gasteiger partial charge in [-0.05, 0) is 36.0 Å². The molecule has 3 amide bonds. The van der Waals surface area contributed by atoms with Crippen LogP contribution in [0.4, 0.5) is 0 Å². The Morgan fingerprint density at radius 1 is 0.773 bits per heavy atom. The molecule has 0 radical (unpaired) electrons. The standard InChI is InChI=1S/C36H43N3O5/c1-4-5-15-24(2)30-23-31(40)39-33(32(27-18-11-7-12-19-27)28-20-13-8-14-21-28)35(42)37-25(3)34(41)38-29(36(43)44-30)22-26-16-9-6-10-17-26/h6-14,16-21,24-25,29-30,32-33H,4-5,15,22-23H2,1-3H3,(H,37,42)(H,38,41)(H,39,40)/t24-,25-,29+,30+,33-/m0/s1. The lowest BCUT2D eigenvalue weighted by atomic mass is 9.84. The largest absolute Gasteiger partial charge is 0.460 e. The average Bonchev–Trinajstić information content (AvgIpc) is 3.04. The number of nitrogens with one attached hydrogen (secondary N) is 3. The molecule has 0 aromatic heterocycles. The Morgan fingerprint density at radius 2 is 1.34 bits per heavy atom. The van der Waals surface area contributed by atoms with E-state index in [1.807, 2.05) is 97.9 Å². The summed E-state index contributed by atoms with van der Waals surface area (Å²) >= 11 is 0. The van der Waals surface area contributed by atoms with E-state index in [-0.39, 0.29) is 18.8 Å². The van der Waals surface area contributed by atoms with Crippen molar-refractivity contribution in [1.29, 1.82) is 0 Å². The van der Waals surface area contributed by atoms with Crippen molar-refractivity contribution >= 4 is 23.7 Å². The Bertz CT molecular complexity index is 1340. The highest BCUT2D eigenvalue weighted by atomic mass is 16.5. The van der Waals surface area contributed by atoms with E-state index >= 15 is 0 Å². The zero-order valence-electron chi connectivity index (χ0n) is 25.7. The first-order valence-corrected chi connectivity index (χ1v) is 15.5. The van der Waals surface area contributed by atoms with E-state index in [0.29, 0.717) is 0 Å². The number of cyclic esters (lactones) is 1. The molecule has 0 unspecified atom stereocenters. The van der Waals surface area contributed by atoms with Gasteiger partial charge in [-0.2, -0.15) is 0 Å². The fourth-order valence-electron chi connectivity index (χ4n) is 5.62. The molecule has 1 aliphatic heterocycles. The van der Waals surface area contributed by atoms with E-state index < -0.39 is 53.8 Å². The number of unbranched alkanes of at least 4 members (excludes halogenated alkanes) is 1. The molecule has 0 spiro atoms. The van der Waals surface area contributed by atoms with Crippen molar-refractivity contribution in [3.05, 3.63) is 108 Å². The zero-order chi connectivity index (χ0) is 31.5. The fourth-order valence-corrected chi connectivity index (χ4v) is 5.62. The maximum Gasteiger partial charge on any atom is 0.329 e. The highest BCUT2D eigenvalue weighted by Gasteiger charge is 2.37. The number of benzene rings is 3. The number of hydrogen-bond acceptors (Lipinski definition) is 5. The lowest BCUT2D eigenvalue weighted by Gasteiger charge is -2.30. The van der Waals surface area contributed by atoms with Gasteiger partial charge < -0.3 is 20.7 Å². The molecule has 5 atom stereocenters. The van der Waals surface area contributed by atoms with Crippen LogP contribution in [0.15, 0.2) is 91.0 Å². The predicted octanol–water partition coefficient (Wildman–Crippen LogP) is 4.68. The van der Waals surface area contributed by atoms with Crippen LogP contribution < -0.4 is 16.0 Å². The Kier molecular flexibility index (Phi) is 11.7. The number of ether oxygens (including phenoxy) is 1. The Labute approximate surface area is 260 Å². The summed E-state index contributed by atoms with van der Waals surface area (Å²) in [6.45, 7) is 5.61. The lowest BCUT2D eigenvalue weighted by Crippen LogP contribution is -2.56. The molecule has 0 aliphatic carbocycles. The Balaban J connectivity index is 1.73. The first-order valence-electron chi connectivity index (χ1n) is 15.5. The van der Waals surface area contributed by atoms with Crippen molar-refractivity contribution in [2.24, 2.45) is 5.92 Å². The first kappa shape index (κ1) is 32.5. The third kappa shape index (κ3) is 8.78. The average molecular weight is 598 g/mol. The summed E-state index contributed by atoms with van der Waals surface area (Å²) in [5.74, 6) is -2.69. The molecule has 232 valence electrons. The number of esters is 1. The van der Waals surface area contributed by atoms with Gasteiger partial charge in [0.05, 0.1) is 6.42 Å². The van der Waals surface area contributed by atoms with Crippen LogP contribution in [0.2, 0.25) is 0 Å². The Morgan fingerprint density at radius 3 is 1.91 bits per heavy atom. The summed E-state index contributed by atoms with van der Waals surface area (Å²) < 4.78 is 6.03. The summed E-state index contributed by atoms with van der Waals surface area (Å²) in [5.41, 5.74) is 2.52. The van der Waals surface area contributed by atoms with Gasteiger partial charge >= 0.3 is 5.97 Å². The normalized spacial score (nSPS) is 22.4. The van der Waals surface area contributed by atoms with E-state index in [9.17, 15) is 19.2 Å². The summed E-state index contributed by atoms with van der Waals surface area (Å²) in [5, 5.41) is 8.58. The molecule has 3 aromatic rings. The van der Waals surface area contributed by atoms with E-state index in [1.54, 1.807) is 6.92 Å². The molecule has 3 aromatic carbocycles. The minimum atomic E-state index is -1.04. The van der Waals surface area contributed by atoms with Crippen molar-refractivity contribution in [3.8, 4) is 0 Å². The van der Waals surface area contributed by atoms with Crippen LogP contribution in [-0.4, -0.2) is 47.9 Å². The summed E-state index contributed by atoms with van der Waals surface area (Å²) in [7, 11) is 0. The highest BCUT2D eigenvalue weighted by Crippen LogP contribution is 2.29. The number of amides is 3. The highest BCUT2D eigenvalue weighted by molar-refractivity contribution is 5.94. The first-order chi connectivity index (χ1) is 21.3. The molecule has 1 fully saturated rings. The van der Waals surface area contributed by atoms with Crippen molar-refractivity contribution in [2.45, 2.75) is 83.0 Å². The van der Waals surface area contributed by atoms with E-state index in [4.69, 9.17) is 4.74 Å². The summed E-state index contributed by atoms with van der Waals surface area (Å²) in [6, 6.07) is 25.3.